The Morgan fingerprint density at radius 2 is 1.81 bits per heavy atom. The lowest BCUT2D eigenvalue weighted by Crippen LogP contribution is -2.12. The minimum atomic E-state index is -0.226. The third-order valence-corrected chi connectivity index (χ3v) is 4.52. The molecule has 0 spiro atoms. The van der Waals surface area contributed by atoms with Gasteiger partial charge in [0.15, 0.2) is 0 Å². The van der Waals surface area contributed by atoms with Gasteiger partial charge in [0.25, 0.3) is 0 Å². The summed E-state index contributed by atoms with van der Waals surface area (Å²) in [7, 11) is 0. The molecule has 1 aliphatic heterocycles. The summed E-state index contributed by atoms with van der Waals surface area (Å²) in [6, 6.07) is 18.3. The van der Waals surface area contributed by atoms with Crippen LogP contribution < -0.4 is 0 Å². The van der Waals surface area contributed by atoms with E-state index in [9.17, 15) is 4.79 Å². The molecule has 0 saturated carbocycles. The number of esters is 1. The van der Waals surface area contributed by atoms with Gasteiger partial charge in [0, 0.05) is 11.3 Å². The molecular formula is C18H16O2S. The van der Waals surface area contributed by atoms with Gasteiger partial charge in [-0.1, -0.05) is 54.6 Å². The van der Waals surface area contributed by atoms with E-state index in [1.54, 1.807) is 11.8 Å². The molecule has 2 aromatic rings. The van der Waals surface area contributed by atoms with Crippen LogP contribution >= 0.6 is 11.8 Å². The average Bonchev–Trinajstić information content (AvgIpc) is 2.55. The van der Waals surface area contributed by atoms with Crippen molar-refractivity contribution in [1.82, 2.24) is 0 Å². The summed E-state index contributed by atoms with van der Waals surface area (Å²) in [6.45, 7) is 2.23. The van der Waals surface area contributed by atoms with E-state index in [0.717, 1.165) is 22.5 Å². The van der Waals surface area contributed by atoms with Crippen molar-refractivity contribution in [3.8, 4) is 0 Å². The Balaban J connectivity index is 2.19. The normalized spacial score (nSPS) is 13.8. The Kier molecular flexibility index (Phi) is 4.11. The van der Waals surface area contributed by atoms with Gasteiger partial charge in [-0.15, -0.1) is 11.8 Å². The summed E-state index contributed by atoms with van der Waals surface area (Å²) < 4.78 is 5.23. The van der Waals surface area contributed by atoms with Crippen LogP contribution in [0.5, 0.6) is 0 Å². The number of carbonyl (C=O) groups is 1. The third kappa shape index (κ3) is 2.74. The molecule has 1 heterocycles. The van der Waals surface area contributed by atoms with Gasteiger partial charge in [-0.05, 0) is 23.6 Å². The predicted octanol–water partition coefficient (Wildman–Crippen LogP) is 4.26. The molecule has 2 aromatic carbocycles. The maximum Gasteiger partial charge on any atom is 0.345 e. The SMILES string of the molecule is CCOC(=O)C1=C(c2ccccc2)c2ccccc2CS1. The van der Waals surface area contributed by atoms with Crippen LogP contribution in [0.3, 0.4) is 0 Å². The number of benzene rings is 2. The van der Waals surface area contributed by atoms with Crippen LogP contribution in [0.25, 0.3) is 5.57 Å². The lowest BCUT2D eigenvalue weighted by molar-refractivity contribution is -0.137. The summed E-state index contributed by atoms with van der Waals surface area (Å²) >= 11 is 1.56. The van der Waals surface area contributed by atoms with Gasteiger partial charge in [0.2, 0.25) is 0 Å². The summed E-state index contributed by atoms with van der Waals surface area (Å²) in [5.74, 6) is 0.580. The second-order valence-electron chi connectivity index (χ2n) is 4.74. The van der Waals surface area contributed by atoms with Gasteiger partial charge in [-0.25, -0.2) is 4.79 Å². The number of thioether (sulfide) groups is 1. The Morgan fingerprint density at radius 1 is 1.10 bits per heavy atom. The molecule has 0 unspecified atom stereocenters. The van der Waals surface area contributed by atoms with Gasteiger partial charge in [-0.2, -0.15) is 0 Å². The molecule has 0 amide bonds. The van der Waals surface area contributed by atoms with E-state index >= 15 is 0 Å². The van der Waals surface area contributed by atoms with Crippen molar-refractivity contribution in [2.75, 3.05) is 6.61 Å². The molecule has 21 heavy (non-hydrogen) atoms. The molecule has 0 saturated heterocycles. The number of rotatable bonds is 3. The summed E-state index contributed by atoms with van der Waals surface area (Å²) in [6.07, 6.45) is 0. The molecule has 106 valence electrons. The van der Waals surface area contributed by atoms with Crippen molar-refractivity contribution in [2.24, 2.45) is 0 Å². The first-order valence-corrected chi connectivity index (χ1v) is 7.97. The monoisotopic (exact) mass is 296 g/mol. The molecule has 0 radical (unpaired) electrons. The van der Waals surface area contributed by atoms with Crippen molar-refractivity contribution < 1.29 is 9.53 Å². The fraction of sp³-hybridized carbons (Fsp3) is 0.167. The molecule has 0 fully saturated rings. The van der Waals surface area contributed by atoms with Crippen molar-refractivity contribution in [1.29, 1.82) is 0 Å². The molecule has 0 aliphatic carbocycles. The molecule has 0 N–H and O–H groups in total. The van der Waals surface area contributed by atoms with Gasteiger partial charge in [-0.3, -0.25) is 0 Å². The largest absolute Gasteiger partial charge is 0.462 e. The molecule has 3 rings (SSSR count). The van der Waals surface area contributed by atoms with E-state index in [4.69, 9.17) is 4.74 Å². The highest BCUT2D eigenvalue weighted by Crippen LogP contribution is 2.41. The zero-order valence-electron chi connectivity index (χ0n) is 11.8. The van der Waals surface area contributed by atoms with Crippen LogP contribution in [-0.2, 0) is 15.3 Å². The number of ether oxygens (including phenoxy) is 1. The Bertz CT molecular complexity index is 689. The zero-order valence-corrected chi connectivity index (χ0v) is 12.7. The van der Waals surface area contributed by atoms with Crippen LogP contribution in [0, 0.1) is 0 Å². The number of fused-ring (bicyclic) bond motifs is 1. The van der Waals surface area contributed by atoms with Gasteiger partial charge in [0.05, 0.1) is 6.61 Å². The molecule has 0 atom stereocenters. The molecule has 0 bridgehead atoms. The van der Waals surface area contributed by atoms with E-state index in [-0.39, 0.29) is 5.97 Å². The van der Waals surface area contributed by atoms with Crippen LogP contribution in [0.2, 0.25) is 0 Å². The minimum Gasteiger partial charge on any atom is -0.462 e. The van der Waals surface area contributed by atoms with E-state index in [1.165, 1.54) is 5.56 Å². The molecule has 1 aliphatic rings. The number of hydrogen-bond donors (Lipinski definition) is 0. The molecule has 0 aromatic heterocycles. The number of hydrogen-bond acceptors (Lipinski definition) is 3. The van der Waals surface area contributed by atoms with Gasteiger partial charge in [0.1, 0.15) is 4.91 Å². The maximum absolute atomic E-state index is 12.3. The summed E-state index contributed by atoms with van der Waals surface area (Å²) in [5, 5.41) is 0. The summed E-state index contributed by atoms with van der Waals surface area (Å²) in [4.78, 5) is 13.0. The van der Waals surface area contributed by atoms with E-state index in [1.807, 2.05) is 49.4 Å². The fourth-order valence-electron chi connectivity index (χ4n) is 2.48. The topological polar surface area (TPSA) is 26.3 Å². The van der Waals surface area contributed by atoms with Crippen LogP contribution in [0.1, 0.15) is 23.6 Å². The van der Waals surface area contributed by atoms with Crippen molar-refractivity contribution in [3.63, 3.8) is 0 Å². The second kappa shape index (κ2) is 6.19. The first-order chi connectivity index (χ1) is 10.3. The van der Waals surface area contributed by atoms with Crippen molar-refractivity contribution in [3.05, 3.63) is 76.2 Å². The van der Waals surface area contributed by atoms with Crippen LogP contribution in [-0.4, -0.2) is 12.6 Å². The van der Waals surface area contributed by atoms with Crippen molar-refractivity contribution in [2.45, 2.75) is 12.7 Å². The van der Waals surface area contributed by atoms with E-state index < -0.39 is 0 Å². The molecule has 2 nitrogen and oxygen atoms in total. The lowest BCUT2D eigenvalue weighted by Gasteiger charge is -2.22. The zero-order chi connectivity index (χ0) is 14.7. The second-order valence-corrected chi connectivity index (χ2v) is 5.72. The maximum atomic E-state index is 12.3. The quantitative estimate of drug-likeness (QED) is 0.792. The predicted molar refractivity (Wildman–Crippen MR) is 86.8 cm³/mol. The van der Waals surface area contributed by atoms with Crippen molar-refractivity contribution >= 4 is 23.3 Å². The minimum absolute atomic E-state index is 0.226. The van der Waals surface area contributed by atoms with Gasteiger partial charge >= 0.3 is 5.97 Å². The standard InChI is InChI=1S/C18H16O2S/c1-2-20-18(19)17-16(13-8-4-3-5-9-13)15-11-7-6-10-14(15)12-21-17/h3-11H,2,12H2,1H3. The Morgan fingerprint density at radius 3 is 2.57 bits per heavy atom. The highest BCUT2D eigenvalue weighted by Gasteiger charge is 2.25. The first kappa shape index (κ1) is 14.0. The smallest absolute Gasteiger partial charge is 0.345 e. The first-order valence-electron chi connectivity index (χ1n) is 6.99. The Hall–Kier alpha value is -2.00. The van der Waals surface area contributed by atoms with Crippen LogP contribution in [0.4, 0.5) is 0 Å². The highest BCUT2D eigenvalue weighted by molar-refractivity contribution is 8.03. The molecular weight excluding hydrogens is 280 g/mol. The van der Waals surface area contributed by atoms with Gasteiger partial charge < -0.3 is 4.74 Å². The fourth-order valence-corrected chi connectivity index (χ4v) is 3.58. The van der Waals surface area contributed by atoms with E-state index in [2.05, 4.69) is 12.1 Å². The third-order valence-electron chi connectivity index (χ3n) is 3.41. The summed E-state index contributed by atoms with van der Waals surface area (Å²) in [5.41, 5.74) is 4.43. The Labute approximate surface area is 128 Å². The van der Waals surface area contributed by atoms with Crippen LogP contribution in [0.15, 0.2) is 59.5 Å². The lowest BCUT2D eigenvalue weighted by atomic mass is 9.93. The van der Waals surface area contributed by atoms with E-state index in [0.29, 0.717) is 11.5 Å². The highest BCUT2D eigenvalue weighted by atomic mass is 32.2. The number of carbonyl (C=O) groups excluding carboxylic acids is 1. The average molecular weight is 296 g/mol. The molecule has 3 heteroatoms.